The van der Waals surface area contributed by atoms with Crippen molar-refractivity contribution >= 4 is 0 Å². The van der Waals surface area contributed by atoms with E-state index in [9.17, 15) is 4.39 Å². The van der Waals surface area contributed by atoms with Gasteiger partial charge in [-0.3, -0.25) is 0 Å². The molecule has 0 radical (unpaired) electrons. The van der Waals surface area contributed by atoms with Gasteiger partial charge in [0.2, 0.25) is 0 Å². The Kier molecular flexibility index (Phi) is 4.74. The van der Waals surface area contributed by atoms with Crippen LogP contribution in [-0.2, 0) is 6.54 Å². The molecule has 0 aliphatic rings. The van der Waals surface area contributed by atoms with E-state index in [2.05, 4.69) is 5.32 Å². The third-order valence-electron chi connectivity index (χ3n) is 3.16. The Morgan fingerprint density at radius 1 is 1.15 bits per heavy atom. The monoisotopic (exact) mass is 273 g/mol. The molecule has 0 spiro atoms. The number of halogens is 1. The van der Waals surface area contributed by atoms with Gasteiger partial charge in [0.15, 0.2) is 11.6 Å². The Labute approximate surface area is 119 Å². The number of hydrogen-bond acceptors (Lipinski definition) is 2. The number of nitrogens with one attached hydrogen (secondary N) is 1. The summed E-state index contributed by atoms with van der Waals surface area (Å²) in [7, 11) is 0. The molecule has 106 valence electrons. The topological polar surface area (TPSA) is 21.3 Å². The number of benzene rings is 2. The summed E-state index contributed by atoms with van der Waals surface area (Å²) in [4.78, 5) is 0. The zero-order valence-corrected chi connectivity index (χ0v) is 12.2. The van der Waals surface area contributed by atoms with E-state index in [0.717, 1.165) is 23.2 Å². The summed E-state index contributed by atoms with van der Waals surface area (Å²) >= 11 is 0. The van der Waals surface area contributed by atoms with Crippen LogP contribution < -0.4 is 10.1 Å². The molecule has 20 heavy (non-hydrogen) atoms. The van der Waals surface area contributed by atoms with Crippen LogP contribution >= 0.6 is 0 Å². The van der Waals surface area contributed by atoms with Crippen LogP contribution in [0.15, 0.2) is 36.4 Å². The summed E-state index contributed by atoms with van der Waals surface area (Å²) in [5, 5.41) is 3.20. The van der Waals surface area contributed by atoms with Gasteiger partial charge in [-0.2, -0.15) is 0 Å². The Morgan fingerprint density at radius 2 is 1.95 bits per heavy atom. The molecular weight excluding hydrogens is 253 g/mol. The molecule has 2 aromatic carbocycles. The number of rotatable bonds is 5. The van der Waals surface area contributed by atoms with Gasteiger partial charge in [0.1, 0.15) is 5.75 Å². The van der Waals surface area contributed by atoms with Gasteiger partial charge in [-0.1, -0.05) is 36.8 Å². The van der Waals surface area contributed by atoms with Crippen molar-refractivity contribution in [3.8, 4) is 11.5 Å². The van der Waals surface area contributed by atoms with Crippen LogP contribution in [0.5, 0.6) is 11.5 Å². The summed E-state index contributed by atoms with van der Waals surface area (Å²) in [6.45, 7) is 7.43. The molecule has 0 aliphatic heterocycles. The molecule has 2 nitrogen and oxygen atoms in total. The first kappa shape index (κ1) is 14.5. The van der Waals surface area contributed by atoms with E-state index in [-0.39, 0.29) is 5.82 Å². The zero-order chi connectivity index (χ0) is 14.5. The molecule has 0 heterocycles. The van der Waals surface area contributed by atoms with E-state index < -0.39 is 0 Å². The first-order valence-electron chi connectivity index (χ1n) is 6.85. The summed E-state index contributed by atoms with van der Waals surface area (Å²) < 4.78 is 19.8. The molecule has 0 unspecified atom stereocenters. The highest BCUT2D eigenvalue weighted by Gasteiger charge is 2.12. The van der Waals surface area contributed by atoms with Gasteiger partial charge in [0.05, 0.1) is 0 Å². The minimum absolute atomic E-state index is 0.306. The van der Waals surface area contributed by atoms with Gasteiger partial charge >= 0.3 is 0 Å². The van der Waals surface area contributed by atoms with Gasteiger partial charge in [0.25, 0.3) is 0 Å². The maximum Gasteiger partial charge on any atom is 0.167 e. The lowest BCUT2D eigenvalue weighted by Gasteiger charge is -2.14. The Hall–Kier alpha value is -1.87. The molecule has 2 rings (SSSR count). The van der Waals surface area contributed by atoms with E-state index in [0.29, 0.717) is 18.0 Å². The fourth-order valence-electron chi connectivity index (χ4n) is 2.09. The highest BCUT2D eigenvalue weighted by Crippen LogP contribution is 2.30. The van der Waals surface area contributed by atoms with E-state index in [1.165, 1.54) is 6.07 Å². The van der Waals surface area contributed by atoms with Gasteiger partial charge in [-0.15, -0.1) is 0 Å². The number of ether oxygens (including phenoxy) is 1. The lowest BCUT2D eigenvalue weighted by molar-refractivity contribution is 0.431. The maximum absolute atomic E-state index is 14.0. The van der Waals surface area contributed by atoms with Crippen molar-refractivity contribution in [3.05, 3.63) is 58.9 Å². The Morgan fingerprint density at radius 3 is 2.65 bits per heavy atom. The molecule has 0 saturated carbocycles. The van der Waals surface area contributed by atoms with Crippen molar-refractivity contribution in [2.24, 2.45) is 0 Å². The largest absolute Gasteiger partial charge is 0.454 e. The molecule has 0 aliphatic carbocycles. The highest BCUT2D eigenvalue weighted by molar-refractivity contribution is 5.43. The molecule has 0 amide bonds. The Bertz CT molecular complexity index is 596. The first-order chi connectivity index (χ1) is 9.61. The van der Waals surface area contributed by atoms with E-state index in [1.807, 2.05) is 45.0 Å². The predicted octanol–water partition coefficient (Wildman–Crippen LogP) is 4.34. The van der Waals surface area contributed by atoms with Crippen molar-refractivity contribution in [1.82, 2.24) is 5.32 Å². The number of hydrogen-bond donors (Lipinski definition) is 1. The summed E-state index contributed by atoms with van der Waals surface area (Å²) in [5.74, 6) is 0.666. The highest BCUT2D eigenvalue weighted by atomic mass is 19.1. The first-order valence-corrected chi connectivity index (χ1v) is 6.85. The van der Waals surface area contributed by atoms with Gasteiger partial charge in [-0.05, 0) is 38.1 Å². The molecule has 0 bridgehead atoms. The van der Waals surface area contributed by atoms with Crippen LogP contribution in [0.2, 0.25) is 0 Å². The summed E-state index contributed by atoms with van der Waals surface area (Å²) in [5.41, 5.74) is 2.99. The van der Waals surface area contributed by atoms with Gasteiger partial charge in [0, 0.05) is 12.1 Å². The van der Waals surface area contributed by atoms with Crippen LogP contribution in [0.4, 0.5) is 4.39 Å². The third kappa shape index (κ3) is 3.36. The van der Waals surface area contributed by atoms with Crippen molar-refractivity contribution in [3.63, 3.8) is 0 Å². The molecule has 1 N–H and O–H groups in total. The minimum Gasteiger partial charge on any atom is -0.454 e. The molecular formula is C17H20FNO. The second-order valence-corrected chi connectivity index (χ2v) is 4.88. The van der Waals surface area contributed by atoms with Crippen molar-refractivity contribution in [2.45, 2.75) is 27.3 Å². The fourth-order valence-corrected chi connectivity index (χ4v) is 2.09. The van der Waals surface area contributed by atoms with Crippen molar-refractivity contribution in [2.75, 3.05) is 6.54 Å². The second kappa shape index (κ2) is 6.53. The number of aryl methyl sites for hydroxylation is 2. The Balaban J connectivity index is 2.32. The molecule has 0 aromatic heterocycles. The van der Waals surface area contributed by atoms with Crippen molar-refractivity contribution < 1.29 is 9.13 Å². The lowest BCUT2D eigenvalue weighted by Crippen LogP contribution is -2.12. The normalized spacial score (nSPS) is 10.6. The molecule has 0 atom stereocenters. The van der Waals surface area contributed by atoms with Gasteiger partial charge < -0.3 is 10.1 Å². The van der Waals surface area contributed by atoms with Crippen LogP contribution in [-0.4, -0.2) is 6.54 Å². The van der Waals surface area contributed by atoms with Gasteiger partial charge in [-0.25, -0.2) is 4.39 Å². The van der Waals surface area contributed by atoms with E-state index >= 15 is 0 Å². The smallest absolute Gasteiger partial charge is 0.167 e. The van der Waals surface area contributed by atoms with E-state index in [1.54, 1.807) is 6.07 Å². The molecule has 0 fully saturated rings. The van der Waals surface area contributed by atoms with Crippen LogP contribution in [0.3, 0.4) is 0 Å². The third-order valence-corrected chi connectivity index (χ3v) is 3.16. The van der Waals surface area contributed by atoms with Crippen molar-refractivity contribution in [1.29, 1.82) is 0 Å². The molecule has 2 aromatic rings. The van der Waals surface area contributed by atoms with Crippen LogP contribution in [0.25, 0.3) is 0 Å². The summed E-state index contributed by atoms with van der Waals surface area (Å²) in [6.07, 6.45) is 0. The predicted molar refractivity (Wildman–Crippen MR) is 79.8 cm³/mol. The van der Waals surface area contributed by atoms with E-state index in [4.69, 9.17) is 4.74 Å². The molecule has 3 heteroatoms. The average molecular weight is 273 g/mol. The average Bonchev–Trinajstić information content (AvgIpc) is 2.42. The standard InChI is InChI=1S/C17H20FNO/c1-4-19-11-14-6-5-7-15(18)17(14)20-16-9-8-12(2)10-13(16)3/h5-10,19H,4,11H2,1-3H3. The quantitative estimate of drug-likeness (QED) is 0.874. The second-order valence-electron chi connectivity index (χ2n) is 4.88. The van der Waals surface area contributed by atoms with Crippen LogP contribution in [0.1, 0.15) is 23.6 Å². The minimum atomic E-state index is -0.333. The SMILES string of the molecule is CCNCc1cccc(F)c1Oc1ccc(C)cc1C. The maximum atomic E-state index is 14.0. The fraction of sp³-hybridized carbons (Fsp3) is 0.294. The lowest BCUT2D eigenvalue weighted by atomic mass is 10.1. The summed E-state index contributed by atoms with van der Waals surface area (Å²) in [6, 6.07) is 10.9. The van der Waals surface area contributed by atoms with Crippen LogP contribution in [0, 0.1) is 19.7 Å². The molecule has 0 saturated heterocycles. The number of para-hydroxylation sites is 1. The zero-order valence-electron chi connectivity index (χ0n) is 12.2.